The Labute approximate surface area is 139 Å². The summed E-state index contributed by atoms with van der Waals surface area (Å²) >= 11 is 0. The van der Waals surface area contributed by atoms with Crippen LogP contribution in [0, 0.1) is 0 Å². The van der Waals surface area contributed by atoms with Crippen LogP contribution >= 0.6 is 7.59 Å². The first-order chi connectivity index (χ1) is 11.7. The van der Waals surface area contributed by atoms with Gasteiger partial charge in [0.25, 0.3) is 0 Å². The van der Waals surface area contributed by atoms with Crippen molar-refractivity contribution in [1.29, 1.82) is 0 Å². The molecule has 0 aromatic heterocycles. The van der Waals surface area contributed by atoms with E-state index in [4.69, 9.17) is 13.6 Å². The third-order valence-electron chi connectivity index (χ3n) is 3.94. The van der Waals surface area contributed by atoms with Gasteiger partial charge in [-0.3, -0.25) is 0 Å². The third-order valence-corrected chi connectivity index (χ3v) is 6.80. The standard InChI is InChI=1S/C18H15N2O3P/c1-2-8-14(9-3-1)21-24(19-15-10-4-6-12-17(15)22-24)20-16-11-5-7-13-18(16)23-24/h1-13,19-20H. The van der Waals surface area contributed by atoms with Crippen LogP contribution in [0.2, 0.25) is 0 Å². The van der Waals surface area contributed by atoms with Crippen molar-refractivity contribution >= 4 is 19.0 Å². The molecule has 2 heterocycles. The maximum atomic E-state index is 6.34. The first-order valence-electron chi connectivity index (χ1n) is 7.67. The van der Waals surface area contributed by atoms with E-state index in [2.05, 4.69) is 10.2 Å². The van der Waals surface area contributed by atoms with Crippen molar-refractivity contribution in [2.24, 2.45) is 0 Å². The Kier molecular flexibility index (Phi) is 2.57. The van der Waals surface area contributed by atoms with Gasteiger partial charge in [0, 0.05) is 0 Å². The van der Waals surface area contributed by atoms with Crippen LogP contribution in [-0.4, -0.2) is 0 Å². The van der Waals surface area contributed by atoms with E-state index in [1.54, 1.807) is 0 Å². The summed E-state index contributed by atoms with van der Waals surface area (Å²) in [6.45, 7) is 0. The van der Waals surface area contributed by atoms with Gasteiger partial charge in [0.15, 0.2) is 0 Å². The van der Waals surface area contributed by atoms with E-state index in [-0.39, 0.29) is 0 Å². The van der Waals surface area contributed by atoms with Crippen LogP contribution in [0.3, 0.4) is 0 Å². The Morgan fingerprint density at radius 1 is 0.625 bits per heavy atom. The number of para-hydroxylation sites is 5. The molecule has 2 aliphatic heterocycles. The molecule has 5 nitrogen and oxygen atoms in total. The summed E-state index contributed by atoms with van der Waals surface area (Å²) in [4.78, 5) is 0. The van der Waals surface area contributed by atoms with E-state index < -0.39 is 7.59 Å². The monoisotopic (exact) mass is 338 g/mol. The summed E-state index contributed by atoms with van der Waals surface area (Å²) in [5.41, 5.74) is 1.68. The average molecular weight is 338 g/mol. The van der Waals surface area contributed by atoms with E-state index in [0.717, 1.165) is 11.4 Å². The number of anilines is 2. The molecule has 120 valence electrons. The molecule has 0 atom stereocenters. The molecule has 2 N–H and O–H groups in total. The maximum absolute atomic E-state index is 6.34. The zero-order valence-corrected chi connectivity index (χ0v) is 13.6. The fourth-order valence-corrected chi connectivity index (χ4v) is 6.12. The van der Waals surface area contributed by atoms with Gasteiger partial charge in [0.05, 0.1) is 0 Å². The number of nitrogens with one attached hydrogen (secondary N) is 2. The van der Waals surface area contributed by atoms with Gasteiger partial charge in [0.2, 0.25) is 0 Å². The molecule has 0 fully saturated rings. The Balaban J connectivity index is 1.64. The molecule has 2 aliphatic rings. The molecule has 0 amide bonds. The van der Waals surface area contributed by atoms with Gasteiger partial charge in [-0.15, -0.1) is 0 Å². The zero-order chi connectivity index (χ0) is 16.1. The predicted octanol–water partition coefficient (Wildman–Crippen LogP) is 5.20. The molecule has 6 heteroatoms. The van der Waals surface area contributed by atoms with Crippen molar-refractivity contribution < 1.29 is 13.6 Å². The summed E-state index contributed by atoms with van der Waals surface area (Å²) in [6.07, 6.45) is 0. The van der Waals surface area contributed by atoms with Crippen molar-refractivity contribution in [3.8, 4) is 17.2 Å². The van der Waals surface area contributed by atoms with Crippen LogP contribution in [0.4, 0.5) is 11.4 Å². The summed E-state index contributed by atoms with van der Waals surface area (Å²) < 4.78 is 18.9. The normalized spacial score (nSPS) is 19.4. The van der Waals surface area contributed by atoms with Crippen LogP contribution in [-0.2, 0) is 0 Å². The molecule has 0 unspecified atom stereocenters. The fourth-order valence-electron chi connectivity index (χ4n) is 2.94. The van der Waals surface area contributed by atoms with Gasteiger partial charge in [-0.2, -0.15) is 0 Å². The van der Waals surface area contributed by atoms with Gasteiger partial charge in [-0.1, -0.05) is 0 Å². The minimum atomic E-state index is -3.86. The van der Waals surface area contributed by atoms with E-state index in [1.807, 2.05) is 78.9 Å². The average Bonchev–Trinajstić information content (AvgIpc) is 3.09. The molecule has 0 saturated carbocycles. The molecule has 0 saturated heterocycles. The van der Waals surface area contributed by atoms with E-state index in [9.17, 15) is 0 Å². The predicted molar refractivity (Wildman–Crippen MR) is 95.4 cm³/mol. The summed E-state index contributed by atoms with van der Waals surface area (Å²) in [5, 5.41) is 6.74. The minimum absolute atomic E-state index is 0.663. The van der Waals surface area contributed by atoms with Gasteiger partial charge < -0.3 is 0 Å². The van der Waals surface area contributed by atoms with Gasteiger partial charge in [-0.25, -0.2) is 0 Å². The summed E-state index contributed by atoms with van der Waals surface area (Å²) in [6, 6.07) is 24.9. The molecule has 3 aromatic rings. The summed E-state index contributed by atoms with van der Waals surface area (Å²) in [5.74, 6) is 2.06. The van der Waals surface area contributed by atoms with E-state index >= 15 is 0 Å². The van der Waals surface area contributed by atoms with E-state index in [0.29, 0.717) is 17.2 Å². The molecule has 3 aromatic carbocycles. The van der Waals surface area contributed by atoms with Crippen molar-refractivity contribution in [2.75, 3.05) is 10.2 Å². The zero-order valence-electron chi connectivity index (χ0n) is 12.7. The molecule has 0 aliphatic carbocycles. The number of hydrogen-bond donors (Lipinski definition) is 2. The molecule has 24 heavy (non-hydrogen) atoms. The number of fused-ring (bicyclic) bond motifs is 2. The Bertz CT molecular complexity index is 819. The van der Waals surface area contributed by atoms with E-state index in [1.165, 1.54) is 0 Å². The van der Waals surface area contributed by atoms with Crippen molar-refractivity contribution in [3.63, 3.8) is 0 Å². The van der Waals surface area contributed by atoms with Crippen LogP contribution in [0.1, 0.15) is 0 Å². The molecule has 0 bridgehead atoms. The van der Waals surface area contributed by atoms with Crippen LogP contribution in [0.25, 0.3) is 0 Å². The molecular formula is C18H15N2O3P. The second-order valence-electron chi connectivity index (χ2n) is 5.69. The Hall–Kier alpha value is -2.91. The summed E-state index contributed by atoms with van der Waals surface area (Å²) in [7, 11) is -3.86. The van der Waals surface area contributed by atoms with Crippen molar-refractivity contribution in [2.45, 2.75) is 0 Å². The van der Waals surface area contributed by atoms with Crippen LogP contribution in [0.5, 0.6) is 17.2 Å². The molecular weight excluding hydrogens is 323 g/mol. The second kappa shape index (κ2) is 4.56. The fraction of sp³-hybridized carbons (Fsp3) is 0. The second-order valence-corrected chi connectivity index (χ2v) is 8.45. The molecule has 0 radical (unpaired) electrons. The number of rotatable bonds is 2. The van der Waals surface area contributed by atoms with Crippen molar-refractivity contribution in [1.82, 2.24) is 0 Å². The van der Waals surface area contributed by atoms with Crippen LogP contribution < -0.4 is 23.7 Å². The number of benzene rings is 3. The van der Waals surface area contributed by atoms with Gasteiger partial charge >= 0.3 is 139 Å². The first-order valence-corrected chi connectivity index (χ1v) is 9.66. The topological polar surface area (TPSA) is 51.8 Å². The van der Waals surface area contributed by atoms with Crippen molar-refractivity contribution in [3.05, 3.63) is 78.9 Å². The van der Waals surface area contributed by atoms with Gasteiger partial charge in [0.1, 0.15) is 0 Å². The van der Waals surface area contributed by atoms with Gasteiger partial charge in [-0.05, 0) is 0 Å². The SMILES string of the molecule is c1ccc(OP23(Nc4ccccc4O2)Nc2ccccc2O3)cc1. The Morgan fingerprint density at radius 3 is 1.67 bits per heavy atom. The van der Waals surface area contributed by atoms with Crippen LogP contribution in [0.15, 0.2) is 78.9 Å². The molecule has 5 rings (SSSR count). The molecule has 1 spiro atoms. The number of hydrogen-bond acceptors (Lipinski definition) is 5. The third kappa shape index (κ3) is 1.92. The Morgan fingerprint density at radius 2 is 1.12 bits per heavy atom. The quantitative estimate of drug-likeness (QED) is 0.629. The first kappa shape index (κ1) is 13.5.